The van der Waals surface area contributed by atoms with Gasteiger partial charge in [-0.05, 0) is 60.7 Å². The lowest BCUT2D eigenvalue weighted by atomic mass is 10.1. The minimum absolute atomic E-state index is 0.548. The van der Waals surface area contributed by atoms with E-state index in [2.05, 4.69) is 24.3 Å². The molecule has 0 saturated carbocycles. The number of aromatic nitrogens is 3. The molecule has 8 rings (SSSR count). The number of hydrogen-bond donors (Lipinski definition) is 0. The van der Waals surface area contributed by atoms with Crippen LogP contribution >= 0.6 is 11.6 Å². The summed E-state index contributed by atoms with van der Waals surface area (Å²) in [6, 6.07) is 35.7. The number of fused-ring (bicyclic) bond motifs is 6. The van der Waals surface area contributed by atoms with Crippen molar-refractivity contribution in [3.8, 4) is 34.2 Å². The average molecular weight is 524 g/mol. The summed E-state index contributed by atoms with van der Waals surface area (Å²) in [4.78, 5) is 14.7. The summed E-state index contributed by atoms with van der Waals surface area (Å²) in [5.41, 5.74) is 5.90. The Kier molecular flexibility index (Phi) is 4.81. The molecule has 5 aromatic carbocycles. The smallest absolute Gasteiger partial charge is 0.164 e. The van der Waals surface area contributed by atoms with E-state index in [1.807, 2.05) is 84.9 Å². The van der Waals surface area contributed by atoms with Gasteiger partial charge in [-0.1, -0.05) is 60.1 Å². The molecule has 0 N–H and O–H groups in total. The van der Waals surface area contributed by atoms with Crippen LogP contribution in [0.5, 0.6) is 0 Å². The van der Waals surface area contributed by atoms with Crippen molar-refractivity contribution in [3.05, 3.63) is 114 Å². The largest absolute Gasteiger partial charge is 0.456 e. The Morgan fingerprint density at radius 1 is 0.410 bits per heavy atom. The fraction of sp³-hybridized carbons (Fsp3) is 0. The van der Waals surface area contributed by atoms with Crippen LogP contribution in [0.1, 0.15) is 0 Å². The molecule has 0 spiro atoms. The van der Waals surface area contributed by atoms with Crippen LogP contribution in [-0.4, -0.2) is 15.0 Å². The first kappa shape index (κ1) is 22.0. The molecule has 0 aliphatic heterocycles. The van der Waals surface area contributed by atoms with Gasteiger partial charge in [-0.25, -0.2) is 15.0 Å². The standard InChI is InChI=1S/C33H18ClN3O2/c34-22-7-5-6-19(16-22)31-35-32(20-12-14-29-25(17-20)23-8-1-3-10-27(23)38-29)37-33(36-31)21-13-15-30-26(18-21)24-9-2-4-11-28(24)39-30/h1-18H. The van der Waals surface area contributed by atoms with Crippen LogP contribution in [0, 0.1) is 0 Å². The topological polar surface area (TPSA) is 65.0 Å². The van der Waals surface area contributed by atoms with Gasteiger partial charge in [-0.2, -0.15) is 0 Å². The summed E-state index contributed by atoms with van der Waals surface area (Å²) >= 11 is 6.33. The number of nitrogens with zero attached hydrogens (tertiary/aromatic N) is 3. The van der Waals surface area contributed by atoms with E-state index >= 15 is 0 Å². The number of furan rings is 2. The van der Waals surface area contributed by atoms with Gasteiger partial charge in [-0.15, -0.1) is 0 Å². The van der Waals surface area contributed by atoms with Gasteiger partial charge in [0, 0.05) is 43.3 Å². The predicted molar refractivity (Wildman–Crippen MR) is 156 cm³/mol. The summed E-state index contributed by atoms with van der Waals surface area (Å²) < 4.78 is 12.1. The first-order valence-electron chi connectivity index (χ1n) is 12.5. The molecule has 6 heteroatoms. The zero-order chi connectivity index (χ0) is 25.9. The van der Waals surface area contributed by atoms with Gasteiger partial charge in [-0.3, -0.25) is 0 Å². The fourth-order valence-electron chi connectivity index (χ4n) is 5.12. The molecule has 0 atom stereocenters. The lowest BCUT2D eigenvalue weighted by molar-refractivity contribution is 0.668. The Hall–Kier alpha value is -5.00. The number of para-hydroxylation sites is 2. The highest BCUT2D eigenvalue weighted by molar-refractivity contribution is 6.30. The molecule has 0 aliphatic carbocycles. The zero-order valence-corrected chi connectivity index (χ0v) is 21.2. The SMILES string of the molecule is Clc1cccc(-c2nc(-c3ccc4oc5ccccc5c4c3)nc(-c3ccc4oc5ccccc5c4c3)n2)c1. The van der Waals surface area contributed by atoms with E-state index in [1.165, 1.54) is 0 Å². The van der Waals surface area contributed by atoms with Crippen LogP contribution in [-0.2, 0) is 0 Å². The highest BCUT2D eigenvalue weighted by Crippen LogP contribution is 2.35. The molecule has 184 valence electrons. The maximum atomic E-state index is 6.33. The van der Waals surface area contributed by atoms with Crippen molar-refractivity contribution < 1.29 is 8.83 Å². The summed E-state index contributed by atoms with van der Waals surface area (Å²) in [6.45, 7) is 0. The van der Waals surface area contributed by atoms with Crippen LogP contribution < -0.4 is 0 Å². The average Bonchev–Trinajstić information content (AvgIpc) is 3.54. The van der Waals surface area contributed by atoms with Gasteiger partial charge in [0.05, 0.1) is 0 Å². The molecule has 0 bridgehead atoms. The van der Waals surface area contributed by atoms with Crippen molar-refractivity contribution >= 4 is 55.5 Å². The van der Waals surface area contributed by atoms with E-state index in [0.29, 0.717) is 22.5 Å². The van der Waals surface area contributed by atoms with Crippen LogP contribution in [0.25, 0.3) is 78.0 Å². The van der Waals surface area contributed by atoms with Gasteiger partial charge in [0.15, 0.2) is 17.5 Å². The molecule has 5 nitrogen and oxygen atoms in total. The minimum atomic E-state index is 0.548. The zero-order valence-electron chi connectivity index (χ0n) is 20.4. The maximum Gasteiger partial charge on any atom is 0.164 e. The Bertz CT molecular complexity index is 2080. The highest BCUT2D eigenvalue weighted by atomic mass is 35.5. The highest BCUT2D eigenvalue weighted by Gasteiger charge is 2.16. The third-order valence-corrected chi connectivity index (χ3v) is 7.22. The third kappa shape index (κ3) is 3.67. The van der Waals surface area contributed by atoms with Crippen molar-refractivity contribution in [3.63, 3.8) is 0 Å². The van der Waals surface area contributed by atoms with Crippen molar-refractivity contribution in [1.82, 2.24) is 15.0 Å². The molecule has 0 fully saturated rings. The van der Waals surface area contributed by atoms with E-state index < -0.39 is 0 Å². The van der Waals surface area contributed by atoms with Gasteiger partial charge in [0.25, 0.3) is 0 Å². The molecule has 0 amide bonds. The van der Waals surface area contributed by atoms with Crippen LogP contribution in [0.3, 0.4) is 0 Å². The molecule has 0 radical (unpaired) electrons. The van der Waals surface area contributed by atoms with Gasteiger partial charge >= 0.3 is 0 Å². The monoisotopic (exact) mass is 523 g/mol. The first-order chi connectivity index (χ1) is 19.2. The van der Waals surface area contributed by atoms with Gasteiger partial charge in [0.1, 0.15) is 22.3 Å². The first-order valence-corrected chi connectivity index (χ1v) is 12.9. The molecule has 8 aromatic rings. The molecule has 0 unspecified atom stereocenters. The van der Waals surface area contributed by atoms with Gasteiger partial charge in [0.2, 0.25) is 0 Å². The summed E-state index contributed by atoms with van der Waals surface area (Å²) in [6.07, 6.45) is 0. The Morgan fingerprint density at radius 3 is 1.38 bits per heavy atom. The molecule has 39 heavy (non-hydrogen) atoms. The molecule has 0 aliphatic rings. The van der Waals surface area contributed by atoms with Crippen LogP contribution in [0.15, 0.2) is 118 Å². The molecule has 3 heterocycles. The van der Waals surface area contributed by atoms with E-state index in [1.54, 1.807) is 0 Å². The molecule has 0 saturated heterocycles. The summed E-state index contributed by atoms with van der Waals surface area (Å²) in [5.74, 6) is 1.69. The van der Waals surface area contributed by atoms with Crippen LogP contribution in [0.4, 0.5) is 0 Å². The second-order valence-electron chi connectivity index (χ2n) is 9.43. The number of halogens is 1. The van der Waals surface area contributed by atoms with E-state index in [0.717, 1.165) is 60.6 Å². The van der Waals surface area contributed by atoms with Crippen molar-refractivity contribution in [2.24, 2.45) is 0 Å². The second-order valence-corrected chi connectivity index (χ2v) is 9.87. The fourth-order valence-corrected chi connectivity index (χ4v) is 5.31. The number of hydrogen-bond acceptors (Lipinski definition) is 5. The summed E-state index contributed by atoms with van der Waals surface area (Å²) in [5, 5.41) is 4.75. The number of rotatable bonds is 3. The van der Waals surface area contributed by atoms with E-state index in [9.17, 15) is 0 Å². The second kappa shape index (κ2) is 8.51. The predicted octanol–water partition coefficient (Wildman–Crippen LogP) is 9.32. The molecule has 3 aromatic heterocycles. The Balaban J connectivity index is 1.36. The van der Waals surface area contributed by atoms with E-state index in [-0.39, 0.29) is 0 Å². The van der Waals surface area contributed by atoms with Crippen molar-refractivity contribution in [2.75, 3.05) is 0 Å². The number of benzene rings is 5. The summed E-state index contributed by atoms with van der Waals surface area (Å²) in [7, 11) is 0. The van der Waals surface area contributed by atoms with Crippen molar-refractivity contribution in [1.29, 1.82) is 0 Å². The third-order valence-electron chi connectivity index (χ3n) is 6.99. The normalized spacial score (nSPS) is 11.7. The lowest BCUT2D eigenvalue weighted by Crippen LogP contribution is -2.00. The quantitative estimate of drug-likeness (QED) is 0.231. The maximum absolute atomic E-state index is 6.33. The molecular formula is C33H18ClN3O2. The van der Waals surface area contributed by atoms with Crippen molar-refractivity contribution in [2.45, 2.75) is 0 Å². The Labute approximate surface area is 227 Å². The Morgan fingerprint density at radius 2 is 0.872 bits per heavy atom. The molecular weight excluding hydrogens is 506 g/mol. The van der Waals surface area contributed by atoms with Crippen LogP contribution in [0.2, 0.25) is 5.02 Å². The van der Waals surface area contributed by atoms with Gasteiger partial charge < -0.3 is 8.83 Å². The minimum Gasteiger partial charge on any atom is -0.456 e. The lowest BCUT2D eigenvalue weighted by Gasteiger charge is -2.09. The van der Waals surface area contributed by atoms with E-state index in [4.69, 9.17) is 35.4 Å².